The summed E-state index contributed by atoms with van der Waals surface area (Å²) in [6.07, 6.45) is 2.12. The molecule has 1 atom stereocenters. The van der Waals surface area contributed by atoms with Crippen molar-refractivity contribution in [2.24, 2.45) is 12.5 Å². The quantitative estimate of drug-likeness (QED) is 0.665. The molecule has 0 aliphatic carbocycles. The van der Waals surface area contributed by atoms with Crippen LogP contribution in [0.15, 0.2) is 12.3 Å². The molecule has 0 aromatic carbocycles. The van der Waals surface area contributed by atoms with Crippen LogP contribution in [0.5, 0.6) is 0 Å². The maximum absolute atomic E-state index is 12.4. The minimum Gasteiger partial charge on any atom is -0.481 e. The van der Waals surface area contributed by atoms with Crippen molar-refractivity contribution < 1.29 is 19.6 Å². The minimum absolute atomic E-state index is 0.136. The number of carboxylic acids is 1. The van der Waals surface area contributed by atoms with Gasteiger partial charge in [-0.2, -0.15) is 0 Å². The first-order valence-corrected chi connectivity index (χ1v) is 6.64. The predicted molar refractivity (Wildman–Crippen MR) is 72.9 cm³/mol. The topological polar surface area (TPSA) is 106 Å². The van der Waals surface area contributed by atoms with Gasteiger partial charge in [0.2, 0.25) is 0 Å². The fraction of sp³-hybridized carbons (Fsp3) is 0.538. The zero-order valence-corrected chi connectivity index (χ0v) is 11.9. The fourth-order valence-corrected chi connectivity index (χ4v) is 2.68. The molecule has 2 rings (SSSR count). The number of nitro groups is 1. The molecule has 8 heteroatoms. The van der Waals surface area contributed by atoms with E-state index in [-0.39, 0.29) is 23.8 Å². The molecular weight excluding hydrogens is 278 g/mol. The lowest BCUT2D eigenvalue weighted by molar-refractivity contribution is -0.384. The molecule has 1 fully saturated rings. The van der Waals surface area contributed by atoms with Gasteiger partial charge < -0.3 is 14.6 Å². The van der Waals surface area contributed by atoms with Crippen LogP contribution in [0.3, 0.4) is 0 Å². The first-order valence-electron chi connectivity index (χ1n) is 6.64. The van der Waals surface area contributed by atoms with E-state index in [0.29, 0.717) is 19.4 Å². The van der Waals surface area contributed by atoms with Gasteiger partial charge in [0.05, 0.1) is 16.5 Å². The van der Waals surface area contributed by atoms with Crippen molar-refractivity contribution in [2.45, 2.75) is 19.8 Å². The summed E-state index contributed by atoms with van der Waals surface area (Å²) in [7, 11) is 1.56. The van der Waals surface area contributed by atoms with Gasteiger partial charge in [-0.3, -0.25) is 19.7 Å². The molecule has 1 saturated heterocycles. The molecule has 8 nitrogen and oxygen atoms in total. The molecule has 0 bridgehead atoms. The molecule has 1 aromatic heterocycles. The third-order valence-electron chi connectivity index (χ3n) is 4.19. The van der Waals surface area contributed by atoms with E-state index in [1.807, 2.05) is 0 Å². The molecular formula is C13H17N3O5. The van der Waals surface area contributed by atoms with Crippen LogP contribution in [-0.4, -0.2) is 44.5 Å². The molecule has 2 heterocycles. The van der Waals surface area contributed by atoms with E-state index in [0.717, 1.165) is 0 Å². The van der Waals surface area contributed by atoms with Gasteiger partial charge in [0.1, 0.15) is 5.69 Å². The maximum Gasteiger partial charge on any atom is 0.311 e. The van der Waals surface area contributed by atoms with Crippen LogP contribution in [-0.2, 0) is 11.8 Å². The van der Waals surface area contributed by atoms with Crippen LogP contribution in [0.25, 0.3) is 0 Å². The van der Waals surface area contributed by atoms with Crippen LogP contribution in [0.4, 0.5) is 5.69 Å². The van der Waals surface area contributed by atoms with Crippen LogP contribution in [0.2, 0.25) is 0 Å². The van der Waals surface area contributed by atoms with Crippen LogP contribution < -0.4 is 0 Å². The van der Waals surface area contributed by atoms with Crippen molar-refractivity contribution >= 4 is 17.6 Å². The highest BCUT2D eigenvalue weighted by molar-refractivity contribution is 5.94. The van der Waals surface area contributed by atoms with Crippen molar-refractivity contribution in [1.82, 2.24) is 9.47 Å². The van der Waals surface area contributed by atoms with E-state index >= 15 is 0 Å². The van der Waals surface area contributed by atoms with Gasteiger partial charge >= 0.3 is 5.97 Å². The molecule has 114 valence electrons. The average Bonchev–Trinajstić information content (AvgIpc) is 3.02. The first kappa shape index (κ1) is 15.0. The summed E-state index contributed by atoms with van der Waals surface area (Å²) < 4.78 is 1.40. The first-order chi connectivity index (χ1) is 9.80. The Hall–Kier alpha value is -2.38. The van der Waals surface area contributed by atoms with Gasteiger partial charge in [0.15, 0.2) is 0 Å². The fourth-order valence-electron chi connectivity index (χ4n) is 2.68. The molecule has 1 aromatic rings. The number of aromatic nitrogens is 1. The van der Waals surface area contributed by atoms with E-state index in [1.54, 1.807) is 14.0 Å². The van der Waals surface area contributed by atoms with E-state index in [2.05, 4.69) is 0 Å². The Morgan fingerprint density at radius 2 is 2.19 bits per heavy atom. The van der Waals surface area contributed by atoms with Crippen molar-refractivity contribution in [3.63, 3.8) is 0 Å². The Bertz CT molecular complexity index is 609. The van der Waals surface area contributed by atoms with Crippen LogP contribution in [0.1, 0.15) is 30.3 Å². The third-order valence-corrected chi connectivity index (χ3v) is 4.19. The lowest BCUT2D eigenvalue weighted by Crippen LogP contribution is -2.37. The number of aryl methyl sites for hydroxylation is 1. The van der Waals surface area contributed by atoms with Crippen molar-refractivity contribution in [3.05, 3.63) is 28.1 Å². The van der Waals surface area contributed by atoms with Gasteiger partial charge in [0, 0.05) is 26.2 Å². The number of rotatable bonds is 4. The Morgan fingerprint density at radius 3 is 2.62 bits per heavy atom. The van der Waals surface area contributed by atoms with Gasteiger partial charge in [-0.1, -0.05) is 6.92 Å². The zero-order valence-electron chi connectivity index (χ0n) is 11.9. The van der Waals surface area contributed by atoms with Gasteiger partial charge in [0.25, 0.3) is 11.6 Å². The summed E-state index contributed by atoms with van der Waals surface area (Å²) in [6, 6.07) is 1.22. The Labute approximate surface area is 121 Å². The van der Waals surface area contributed by atoms with Gasteiger partial charge in [-0.05, 0) is 12.8 Å². The molecule has 1 amide bonds. The Balaban J connectivity index is 2.22. The van der Waals surface area contributed by atoms with Crippen LogP contribution >= 0.6 is 0 Å². The largest absolute Gasteiger partial charge is 0.481 e. The molecule has 1 aliphatic rings. The van der Waals surface area contributed by atoms with E-state index in [4.69, 9.17) is 0 Å². The monoisotopic (exact) mass is 295 g/mol. The van der Waals surface area contributed by atoms with E-state index < -0.39 is 16.3 Å². The highest BCUT2D eigenvalue weighted by atomic mass is 16.6. The SMILES string of the molecule is CCC1(C(=O)O)CCN(C(=O)c2cc([N+](=O)[O-])cn2C)C1. The highest BCUT2D eigenvalue weighted by Crippen LogP contribution is 2.35. The number of carboxylic acid groups (broad SMARTS) is 1. The number of amides is 1. The normalized spacial score (nSPS) is 21.5. The predicted octanol–water partition coefficient (Wildman–Crippen LogP) is 1.26. The average molecular weight is 295 g/mol. The number of hydrogen-bond acceptors (Lipinski definition) is 4. The smallest absolute Gasteiger partial charge is 0.311 e. The summed E-state index contributed by atoms with van der Waals surface area (Å²) in [5.74, 6) is -1.28. The number of aliphatic carboxylic acids is 1. The molecule has 0 spiro atoms. The molecule has 0 radical (unpaired) electrons. The van der Waals surface area contributed by atoms with Crippen LogP contribution in [0, 0.1) is 15.5 Å². The molecule has 1 aliphatic heterocycles. The second kappa shape index (κ2) is 5.19. The lowest BCUT2D eigenvalue weighted by Gasteiger charge is -2.23. The summed E-state index contributed by atoms with van der Waals surface area (Å²) in [5, 5.41) is 20.1. The van der Waals surface area contributed by atoms with Crippen molar-refractivity contribution in [1.29, 1.82) is 0 Å². The molecule has 21 heavy (non-hydrogen) atoms. The van der Waals surface area contributed by atoms with E-state index in [9.17, 15) is 24.8 Å². The Kier molecular flexibility index (Phi) is 3.71. The van der Waals surface area contributed by atoms with Crippen molar-refractivity contribution in [2.75, 3.05) is 13.1 Å². The second-order valence-electron chi connectivity index (χ2n) is 5.37. The summed E-state index contributed by atoms with van der Waals surface area (Å²) in [5.41, 5.74) is -0.869. The Morgan fingerprint density at radius 1 is 1.52 bits per heavy atom. The number of nitrogens with zero attached hydrogens (tertiary/aromatic N) is 3. The number of likely N-dealkylation sites (tertiary alicyclic amines) is 1. The number of carbonyl (C=O) groups is 2. The molecule has 0 saturated carbocycles. The second-order valence-corrected chi connectivity index (χ2v) is 5.37. The molecule has 1 unspecified atom stereocenters. The van der Waals surface area contributed by atoms with Gasteiger partial charge in [-0.15, -0.1) is 0 Å². The zero-order chi connectivity index (χ0) is 15.8. The maximum atomic E-state index is 12.4. The third kappa shape index (κ3) is 2.48. The lowest BCUT2D eigenvalue weighted by atomic mass is 9.84. The van der Waals surface area contributed by atoms with E-state index in [1.165, 1.54) is 21.7 Å². The minimum atomic E-state index is -0.910. The summed E-state index contributed by atoms with van der Waals surface area (Å²) in [6.45, 7) is 2.27. The highest BCUT2D eigenvalue weighted by Gasteiger charge is 2.45. The standard InChI is InChI=1S/C13H17N3O5/c1-3-13(12(18)19)4-5-15(8-13)11(17)10-6-9(16(20)21)7-14(10)2/h6-7H,3-5,8H2,1-2H3,(H,18,19). The summed E-state index contributed by atoms with van der Waals surface area (Å²) in [4.78, 5) is 35.4. The summed E-state index contributed by atoms with van der Waals surface area (Å²) >= 11 is 0. The molecule has 1 N–H and O–H groups in total. The van der Waals surface area contributed by atoms with Gasteiger partial charge in [-0.25, -0.2) is 0 Å². The van der Waals surface area contributed by atoms with Crippen molar-refractivity contribution in [3.8, 4) is 0 Å². The number of hydrogen-bond donors (Lipinski definition) is 1. The number of carbonyl (C=O) groups excluding carboxylic acids is 1.